The van der Waals surface area contributed by atoms with E-state index in [4.69, 9.17) is 0 Å². The van der Waals surface area contributed by atoms with Crippen molar-refractivity contribution in [3.8, 4) is 0 Å². The molecule has 0 amide bonds. The van der Waals surface area contributed by atoms with E-state index in [1.807, 2.05) is 52.1 Å². The van der Waals surface area contributed by atoms with Gasteiger partial charge in [0.2, 0.25) is 0 Å². The average Bonchev–Trinajstić information content (AvgIpc) is 3.21. The minimum absolute atomic E-state index is 0.376. The number of H-pyrrole nitrogens is 1. The highest BCUT2D eigenvalue weighted by atomic mass is 31.0. The van der Waals surface area contributed by atoms with Crippen molar-refractivity contribution in [2.75, 3.05) is 0 Å². The first-order chi connectivity index (χ1) is 10.3. The minimum Gasteiger partial charge on any atom is -0.448 e. The van der Waals surface area contributed by atoms with Crippen molar-refractivity contribution in [1.82, 2.24) is 4.98 Å². The number of aromatic amines is 1. The Hall–Kier alpha value is -2.45. The van der Waals surface area contributed by atoms with Crippen LogP contribution in [0.15, 0.2) is 65.4 Å². The summed E-state index contributed by atoms with van der Waals surface area (Å²) in [7, 11) is 1.96. The van der Waals surface area contributed by atoms with E-state index in [-0.39, 0.29) is 5.97 Å². The summed E-state index contributed by atoms with van der Waals surface area (Å²) in [5.41, 5.74) is 4.36. The maximum absolute atomic E-state index is 11.5. The fourth-order valence-corrected chi connectivity index (χ4v) is 2.35. The molecule has 0 spiro atoms. The maximum Gasteiger partial charge on any atom is 0.340 e. The summed E-state index contributed by atoms with van der Waals surface area (Å²) >= 11 is 0. The standard InChI is InChI=1S/C16H13N2O2P/c19-16(20-21)12-7-5-11(6-8-12)15(13-3-1-9-17-13)14-4-2-10-18-14/h1-10,17H,21H2/b15-14-. The van der Waals surface area contributed by atoms with Crippen molar-refractivity contribution >= 4 is 27.2 Å². The van der Waals surface area contributed by atoms with Gasteiger partial charge in [-0.25, -0.2) is 4.79 Å². The Morgan fingerprint density at radius 2 is 1.90 bits per heavy atom. The lowest BCUT2D eigenvalue weighted by molar-refractivity contribution is 0.0765. The first kappa shape index (κ1) is 13.5. The van der Waals surface area contributed by atoms with E-state index in [1.165, 1.54) is 0 Å². The van der Waals surface area contributed by atoms with Crippen LogP contribution < -0.4 is 0 Å². The number of hydrogen-bond acceptors (Lipinski definition) is 3. The molecule has 1 unspecified atom stereocenters. The second-order valence-electron chi connectivity index (χ2n) is 4.46. The van der Waals surface area contributed by atoms with Gasteiger partial charge < -0.3 is 9.51 Å². The van der Waals surface area contributed by atoms with E-state index in [0.717, 1.165) is 22.5 Å². The van der Waals surface area contributed by atoms with Crippen LogP contribution in [0.5, 0.6) is 0 Å². The van der Waals surface area contributed by atoms with Gasteiger partial charge in [-0.1, -0.05) is 12.1 Å². The number of aromatic nitrogens is 1. The van der Waals surface area contributed by atoms with Gasteiger partial charge in [-0.15, -0.1) is 0 Å². The van der Waals surface area contributed by atoms with Crippen LogP contribution in [0.25, 0.3) is 5.57 Å². The SMILES string of the molecule is O=C(OP)c1ccc(/C(=C2\C=CC=N2)c2ccc[nH]2)cc1. The molecule has 1 aromatic heterocycles. The molecule has 5 heteroatoms. The van der Waals surface area contributed by atoms with Crippen molar-refractivity contribution in [1.29, 1.82) is 0 Å². The van der Waals surface area contributed by atoms with Crippen LogP contribution in [0.3, 0.4) is 0 Å². The minimum atomic E-state index is -0.376. The van der Waals surface area contributed by atoms with Crippen molar-refractivity contribution in [3.63, 3.8) is 0 Å². The lowest BCUT2D eigenvalue weighted by atomic mass is 9.99. The molecule has 1 atom stereocenters. The molecule has 104 valence electrons. The number of benzene rings is 1. The summed E-state index contributed by atoms with van der Waals surface area (Å²) in [5.74, 6) is -0.376. The van der Waals surface area contributed by atoms with Crippen molar-refractivity contribution in [2.45, 2.75) is 0 Å². The first-order valence-corrected chi connectivity index (χ1v) is 6.87. The summed E-state index contributed by atoms with van der Waals surface area (Å²) in [5, 5.41) is 0. The molecule has 1 aliphatic heterocycles. The average molecular weight is 296 g/mol. The van der Waals surface area contributed by atoms with Gasteiger partial charge in [0, 0.05) is 23.7 Å². The summed E-state index contributed by atoms with van der Waals surface area (Å²) in [6.45, 7) is 0. The molecule has 0 saturated heterocycles. The smallest absolute Gasteiger partial charge is 0.340 e. The van der Waals surface area contributed by atoms with E-state index in [2.05, 4.69) is 14.5 Å². The fourth-order valence-electron chi connectivity index (χ4n) is 2.22. The molecule has 0 aliphatic carbocycles. The van der Waals surface area contributed by atoms with Crippen LogP contribution in [0.4, 0.5) is 0 Å². The maximum atomic E-state index is 11.5. The van der Waals surface area contributed by atoms with E-state index < -0.39 is 0 Å². The van der Waals surface area contributed by atoms with Gasteiger partial charge >= 0.3 is 5.97 Å². The third-order valence-corrected chi connectivity index (χ3v) is 3.41. The molecule has 2 aromatic rings. The zero-order valence-corrected chi connectivity index (χ0v) is 12.3. The topological polar surface area (TPSA) is 54.4 Å². The summed E-state index contributed by atoms with van der Waals surface area (Å²) < 4.78 is 4.63. The predicted molar refractivity (Wildman–Crippen MR) is 86.0 cm³/mol. The van der Waals surface area contributed by atoms with E-state index in [9.17, 15) is 4.79 Å². The molecule has 1 aromatic carbocycles. The second-order valence-corrected chi connectivity index (χ2v) is 4.70. The van der Waals surface area contributed by atoms with Gasteiger partial charge in [0.05, 0.1) is 20.7 Å². The van der Waals surface area contributed by atoms with E-state index in [1.54, 1.807) is 18.3 Å². The van der Waals surface area contributed by atoms with Gasteiger partial charge in [0.15, 0.2) is 0 Å². The molecule has 0 saturated carbocycles. The van der Waals surface area contributed by atoms with Crippen LogP contribution in [0.1, 0.15) is 21.6 Å². The molecule has 0 bridgehead atoms. The van der Waals surface area contributed by atoms with E-state index >= 15 is 0 Å². The number of nitrogens with one attached hydrogen (secondary N) is 1. The van der Waals surface area contributed by atoms with Gasteiger partial charge in [0.1, 0.15) is 0 Å². The summed E-state index contributed by atoms with van der Waals surface area (Å²) in [6.07, 6.45) is 7.50. The first-order valence-electron chi connectivity index (χ1n) is 6.40. The second kappa shape index (κ2) is 5.90. The Labute approximate surface area is 124 Å². The molecular formula is C16H13N2O2P. The van der Waals surface area contributed by atoms with Gasteiger partial charge in [-0.2, -0.15) is 0 Å². The van der Waals surface area contributed by atoms with Crippen LogP contribution in [0, 0.1) is 0 Å². The van der Waals surface area contributed by atoms with Crippen molar-refractivity contribution in [3.05, 3.63) is 77.3 Å². The Balaban J connectivity index is 2.06. The molecule has 4 nitrogen and oxygen atoms in total. The third-order valence-electron chi connectivity index (χ3n) is 3.19. The van der Waals surface area contributed by atoms with Crippen molar-refractivity contribution in [2.24, 2.45) is 4.99 Å². The molecule has 2 heterocycles. The molecule has 0 radical (unpaired) electrons. The van der Waals surface area contributed by atoms with Crippen LogP contribution in [-0.2, 0) is 4.52 Å². The summed E-state index contributed by atoms with van der Waals surface area (Å²) in [4.78, 5) is 19.1. The van der Waals surface area contributed by atoms with Gasteiger partial charge in [-0.05, 0) is 42.0 Å². The highest BCUT2D eigenvalue weighted by molar-refractivity contribution is 7.10. The Morgan fingerprint density at radius 3 is 2.48 bits per heavy atom. The molecule has 3 rings (SSSR count). The predicted octanol–water partition coefficient (Wildman–Crippen LogP) is 3.36. The molecule has 21 heavy (non-hydrogen) atoms. The largest absolute Gasteiger partial charge is 0.448 e. The number of hydrogen-bond donors (Lipinski definition) is 1. The monoisotopic (exact) mass is 296 g/mol. The van der Waals surface area contributed by atoms with E-state index in [0.29, 0.717) is 5.56 Å². The summed E-state index contributed by atoms with van der Waals surface area (Å²) in [6, 6.07) is 11.2. The Kier molecular flexibility index (Phi) is 3.80. The van der Waals surface area contributed by atoms with Crippen molar-refractivity contribution < 1.29 is 9.32 Å². The van der Waals surface area contributed by atoms with Crippen LogP contribution >= 0.6 is 9.47 Å². The van der Waals surface area contributed by atoms with Gasteiger partial charge in [0.25, 0.3) is 0 Å². The quantitative estimate of drug-likeness (QED) is 0.883. The number of carbonyl (C=O) groups excluding carboxylic acids is 1. The number of carbonyl (C=O) groups is 1. The Morgan fingerprint density at radius 1 is 1.14 bits per heavy atom. The number of allylic oxidation sites excluding steroid dienone is 2. The molecule has 1 N–H and O–H groups in total. The van der Waals surface area contributed by atoms with Crippen LogP contribution in [-0.4, -0.2) is 17.2 Å². The zero-order valence-electron chi connectivity index (χ0n) is 11.1. The highest BCUT2D eigenvalue weighted by Crippen LogP contribution is 2.28. The number of nitrogens with zero attached hydrogens (tertiary/aromatic N) is 1. The highest BCUT2D eigenvalue weighted by Gasteiger charge is 2.13. The molecule has 0 fully saturated rings. The Bertz CT molecular complexity index is 727. The lowest BCUT2D eigenvalue weighted by Gasteiger charge is -2.09. The normalized spacial score (nSPS) is 15.3. The number of rotatable bonds is 3. The zero-order chi connectivity index (χ0) is 14.7. The van der Waals surface area contributed by atoms with Gasteiger partial charge in [-0.3, -0.25) is 4.99 Å². The molecule has 1 aliphatic rings. The lowest BCUT2D eigenvalue weighted by Crippen LogP contribution is -1.98. The molecular weight excluding hydrogens is 283 g/mol. The third kappa shape index (κ3) is 2.71. The van der Waals surface area contributed by atoms with Crippen LogP contribution in [0.2, 0.25) is 0 Å². The number of aliphatic imine (C=N–C) groups is 1. The fraction of sp³-hybridized carbons (Fsp3) is 0.